The molecule has 110 valence electrons. The Morgan fingerprint density at radius 3 is 2.65 bits per heavy atom. The molecule has 1 aliphatic rings. The first-order valence-corrected chi connectivity index (χ1v) is 7.82. The highest BCUT2D eigenvalue weighted by molar-refractivity contribution is 6.30. The average molecular weight is 295 g/mol. The van der Waals surface area contributed by atoms with E-state index in [1.807, 2.05) is 24.3 Å². The number of benzene rings is 1. The van der Waals surface area contributed by atoms with Crippen molar-refractivity contribution < 1.29 is 4.79 Å². The van der Waals surface area contributed by atoms with Gasteiger partial charge in [0.1, 0.15) is 0 Å². The smallest absolute Gasteiger partial charge is 0.315 e. The van der Waals surface area contributed by atoms with E-state index in [0.717, 1.165) is 17.9 Å². The maximum atomic E-state index is 11.9. The Hall–Kier alpha value is -1.22. The number of rotatable bonds is 4. The molecule has 1 aliphatic carbocycles. The molecule has 0 aliphatic heterocycles. The van der Waals surface area contributed by atoms with E-state index in [-0.39, 0.29) is 6.03 Å². The Morgan fingerprint density at radius 1 is 1.25 bits per heavy atom. The number of carbonyl (C=O) groups excluding carboxylic acids is 1. The summed E-state index contributed by atoms with van der Waals surface area (Å²) in [7, 11) is 0. The molecule has 20 heavy (non-hydrogen) atoms. The third-order valence-electron chi connectivity index (χ3n) is 4.04. The van der Waals surface area contributed by atoms with Crippen LogP contribution in [0, 0.1) is 5.92 Å². The van der Waals surface area contributed by atoms with E-state index in [0.29, 0.717) is 18.5 Å². The summed E-state index contributed by atoms with van der Waals surface area (Å²) in [4.78, 5) is 11.9. The van der Waals surface area contributed by atoms with E-state index in [4.69, 9.17) is 11.6 Å². The normalized spacial score (nSPS) is 22.3. The fourth-order valence-electron chi connectivity index (χ4n) is 2.72. The summed E-state index contributed by atoms with van der Waals surface area (Å²) in [5, 5.41) is 6.76. The van der Waals surface area contributed by atoms with Crippen molar-refractivity contribution in [2.45, 2.75) is 45.1 Å². The van der Waals surface area contributed by atoms with Crippen LogP contribution in [0.5, 0.6) is 0 Å². The first kappa shape index (κ1) is 15.2. The van der Waals surface area contributed by atoms with Crippen LogP contribution >= 0.6 is 11.6 Å². The molecule has 0 radical (unpaired) electrons. The summed E-state index contributed by atoms with van der Waals surface area (Å²) in [6, 6.07) is 8.02. The zero-order chi connectivity index (χ0) is 14.4. The first-order valence-electron chi connectivity index (χ1n) is 7.44. The number of amides is 2. The minimum atomic E-state index is -0.0438. The third kappa shape index (κ3) is 4.71. The van der Waals surface area contributed by atoms with E-state index in [9.17, 15) is 4.79 Å². The Kier molecular flexibility index (Phi) is 5.72. The van der Waals surface area contributed by atoms with Gasteiger partial charge in [0.05, 0.1) is 0 Å². The predicted octanol–water partition coefficient (Wildman–Crippen LogP) is 3.76. The molecule has 2 N–H and O–H groups in total. The van der Waals surface area contributed by atoms with Crippen LogP contribution in [-0.4, -0.2) is 18.6 Å². The quantitative estimate of drug-likeness (QED) is 0.872. The van der Waals surface area contributed by atoms with E-state index in [1.54, 1.807) is 0 Å². The lowest BCUT2D eigenvalue weighted by atomic mass is 9.86. The Balaban J connectivity index is 1.68. The minimum Gasteiger partial charge on any atom is -0.338 e. The molecule has 0 spiro atoms. The van der Waals surface area contributed by atoms with Gasteiger partial charge in [-0.1, -0.05) is 43.5 Å². The lowest BCUT2D eigenvalue weighted by Gasteiger charge is -2.29. The molecule has 0 unspecified atom stereocenters. The number of hydrogen-bond donors (Lipinski definition) is 2. The summed E-state index contributed by atoms with van der Waals surface area (Å²) in [5.41, 5.74) is 1.18. The van der Waals surface area contributed by atoms with Gasteiger partial charge in [-0.05, 0) is 42.9 Å². The van der Waals surface area contributed by atoms with Gasteiger partial charge >= 0.3 is 6.03 Å². The molecule has 0 saturated heterocycles. The number of hydrogen-bond acceptors (Lipinski definition) is 1. The second kappa shape index (κ2) is 7.53. The van der Waals surface area contributed by atoms with Gasteiger partial charge in [0.15, 0.2) is 0 Å². The minimum absolute atomic E-state index is 0.0438. The van der Waals surface area contributed by atoms with Crippen LogP contribution in [0.4, 0.5) is 4.79 Å². The SMILES string of the molecule is C[C@H]1CCCC[C@H]1NC(=O)NCCc1ccc(Cl)cc1. The predicted molar refractivity (Wildman–Crippen MR) is 83.1 cm³/mol. The van der Waals surface area contributed by atoms with Gasteiger partial charge in [0.25, 0.3) is 0 Å². The van der Waals surface area contributed by atoms with Crippen molar-refractivity contribution in [1.82, 2.24) is 10.6 Å². The summed E-state index contributed by atoms with van der Waals surface area (Å²) < 4.78 is 0. The molecule has 2 atom stereocenters. The maximum Gasteiger partial charge on any atom is 0.315 e. The van der Waals surface area contributed by atoms with Crippen LogP contribution in [0.25, 0.3) is 0 Å². The molecule has 2 amide bonds. The molecule has 0 heterocycles. The lowest BCUT2D eigenvalue weighted by Crippen LogP contribution is -2.46. The maximum absolute atomic E-state index is 11.9. The van der Waals surface area contributed by atoms with Crippen molar-refractivity contribution in [3.63, 3.8) is 0 Å². The third-order valence-corrected chi connectivity index (χ3v) is 4.29. The van der Waals surface area contributed by atoms with Crippen LogP contribution in [0.2, 0.25) is 5.02 Å². The molecule has 0 bridgehead atoms. The van der Waals surface area contributed by atoms with Gasteiger partial charge in [-0.2, -0.15) is 0 Å². The topological polar surface area (TPSA) is 41.1 Å². The second-order valence-electron chi connectivity index (χ2n) is 5.64. The lowest BCUT2D eigenvalue weighted by molar-refractivity contribution is 0.222. The molecule has 4 heteroatoms. The van der Waals surface area contributed by atoms with Gasteiger partial charge < -0.3 is 10.6 Å². The number of urea groups is 1. The summed E-state index contributed by atoms with van der Waals surface area (Å²) in [5.74, 6) is 0.589. The monoisotopic (exact) mass is 294 g/mol. The van der Waals surface area contributed by atoms with Crippen molar-refractivity contribution in [2.75, 3.05) is 6.54 Å². The van der Waals surface area contributed by atoms with Crippen molar-refractivity contribution in [3.05, 3.63) is 34.9 Å². The van der Waals surface area contributed by atoms with E-state index >= 15 is 0 Å². The molecule has 1 aromatic carbocycles. The highest BCUT2D eigenvalue weighted by Crippen LogP contribution is 2.23. The Labute approximate surface area is 126 Å². The van der Waals surface area contributed by atoms with Crippen LogP contribution in [0.3, 0.4) is 0 Å². The van der Waals surface area contributed by atoms with E-state index in [2.05, 4.69) is 17.6 Å². The van der Waals surface area contributed by atoms with Crippen molar-refractivity contribution >= 4 is 17.6 Å². The van der Waals surface area contributed by atoms with Crippen LogP contribution < -0.4 is 10.6 Å². The first-order chi connectivity index (χ1) is 9.65. The molecule has 0 aromatic heterocycles. The average Bonchev–Trinajstić information content (AvgIpc) is 2.44. The van der Waals surface area contributed by atoms with E-state index in [1.165, 1.54) is 24.8 Å². The van der Waals surface area contributed by atoms with Crippen LogP contribution in [0.1, 0.15) is 38.2 Å². The zero-order valence-corrected chi connectivity index (χ0v) is 12.7. The van der Waals surface area contributed by atoms with Crippen molar-refractivity contribution in [3.8, 4) is 0 Å². The van der Waals surface area contributed by atoms with Gasteiger partial charge in [-0.15, -0.1) is 0 Å². The molecule has 1 aromatic rings. The summed E-state index contributed by atoms with van der Waals surface area (Å²) in [6.07, 6.45) is 5.66. The largest absolute Gasteiger partial charge is 0.338 e. The van der Waals surface area contributed by atoms with Gasteiger partial charge in [-0.25, -0.2) is 4.79 Å². The molecule has 1 saturated carbocycles. The van der Waals surface area contributed by atoms with Gasteiger partial charge in [0.2, 0.25) is 0 Å². The molecule has 1 fully saturated rings. The second-order valence-corrected chi connectivity index (χ2v) is 6.08. The highest BCUT2D eigenvalue weighted by atomic mass is 35.5. The zero-order valence-electron chi connectivity index (χ0n) is 12.0. The van der Waals surface area contributed by atoms with Crippen molar-refractivity contribution in [2.24, 2.45) is 5.92 Å². The van der Waals surface area contributed by atoms with Crippen LogP contribution in [0.15, 0.2) is 24.3 Å². The van der Waals surface area contributed by atoms with Crippen LogP contribution in [-0.2, 0) is 6.42 Å². The summed E-state index contributed by atoms with van der Waals surface area (Å²) in [6.45, 7) is 2.87. The number of carbonyl (C=O) groups is 1. The van der Waals surface area contributed by atoms with Crippen molar-refractivity contribution in [1.29, 1.82) is 0 Å². The summed E-state index contributed by atoms with van der Waals surface area (Å²) >= 11 is 5.84. The fourth-order valence-corrected chi connectivity index (χ4v) is 2.85. The fraction of sp³-hybridized carbons (Fsp3) is 0.562. The number of nitrogens with one attached hydrogen (secondary N) is 2. The molecular weight excluding hydrogens is 272 g/mol. The Morgan fingerprint density at radius 2 is 1.95 bits per heavy atom. The van der Waals surface area contributed by atoms with E-state index < -0.39 is 0 Å². The van der Waals surface area contributed by atoms with Gasteiger partial charge in [-0.3, -0.25) is 0 Å². The standard InChI is InChI=1S/C16H23ClN2O/c1-12-4-2-3-5-15(12)19-16(20)18-11-10-13-6-8-14(17)9-7-13/h6-9,12,15H,2-5,10-11H2,1H3,(H2,18,19,20)/t12-,15+/m0/s1. The Bertz CT molecular complexity index is 433. The highest BCUT2D eigenvalue weighted by Gasteiger charge is 2.22. The number of halogens is 1. The molecule has 2 rings (SSSR count). The van der Waals surface area contributed by atoms with Gasteiger partial charge in [0, 0.05) is 17.6 Å². The molecule has 3 nitrogen and oxygen atoms in total. The molecular formula is C16H23ClN2O.